The molecule has 0 spiro atoms. The van der Waals surface area contributed by atoms with Crippen LogP contribution in [0.4, 0.5) is 4.39 Å². The summed E-state index contributed by atoms with van der Waals surface area (Å²) in [5.41, 5.74) is 2.26. The summed E-state index contributed by atoms with van der Waals surface area (Å²) in [5.74, 6) is -0.145. The van der Waals surface area contributed by atoms with Gasteiger partial charge in [-0.2, -0.15) is 0 Å². The van der Waals surface area contributed by atoms with Crippen molar-refractivity contribution in [3.8, 4) is 0 Å². The molecule has 1 aliphatic rings. The minimum Gasteiger partial charge on any atom is -0.315 e. The lowest BCUT2D eigenvalue weighted by molar-refractivity contribution is 0.195. The Morgan fingerprint density at radius 2 is 2.29 bits per heavy atom. The van der Waals surface area contributed by atoms with E-state index in [4.69, 9.17) is 0 Å². The molecule has 0 aromatic heterocycles. The van der Waals surface area contributed by atoms with Crippen LogP contribution >= 0.6 is 0 Å². The first kappa shape index (κ1) is 12.5. The molecule has 0 radical (unpaired) electrons. The second kappa shape index (κ2) is 5.61. The van der Waals surface area contributed by atoms with E-state index in [0.29, 0.717) is 6.04 Å². The first-order valence-electron chi connectivity index (χ1n) is 6.33. The summed E-state index contributed by atoms with van der Waals surface area (Å²) in [7, 11) is 2.15. The van der Waals surface area contributed by atoms with Crippen LogP contribution in [0, 0.1) is 12.7 Å². The van der Waals surface area contributed by atoms with Crippen LogP contribution in [0.3, 0.4) is 0 Å². The molecule has 0 amide bonds. The molecule has 1 fully saturated rings. The summed E-state index contributed by atoms with van der Waals surface area (Å²) < 4.78 is 13.0. The van der Waals surface area contributed by atoms with Crippen LogP contribution in [0.5, 0.6) is 0 Å². The zero-order valence-electron chi connectivity index (χ0n) is 10.7. The highest BCUT2D eigenvalue weighted by atomic mass is 19.1. The normalized spacial score (nSPS) is 20.8. The first-order valence-corrected chi connectivity index (χ1v) is 6.33. The molecule has 94 valence electrons. The van der Waals surface area contributed by atoms with Crippen molar-refractivity contribution in [3.63, 3.8) is 0 Å². The number of hydrogen-bond donors (Lipinski definition) is 1. The molecule has 3 heteroatoms. The maximum atomic E-state index is 13.0. The average molecular weight is 236 g/mol. The maximum absolute atomic E-state index is 13.0. The van der Waals surface area contributed by atoms with Crippen molar-refractivity contribution >= 4 is 0 Å². The molecule has 1 N–H and O–H groups in total. The van der Waals surface area contributed by atoms with Gasteiger partial charge in [-0.05, 0) is 56.6 Å². The van der Waals surface area contributed by atoms with E-state index in [0.717, 1.165) is 25.2 Å². The number of piperidine rings is 1. The smallest absolute Gasteiger partial charge is 0.123 e. The van der Waals surface area contributed by atoms with Crippen molar-refractivity contribution in [2.75, 3.05) is 20.1 Å². The molecule has 17 heavy (non-hydrogen) atoms. The molecule has 0 aliphatic carbocycles. The zero-order chi connectivity index (χ0) is 12.3. The van der Waals surface area contributed by atoms with Gasteiger partial charge >= 0.3 is 0 Å². The van der Waals surface area contributed by atoms with Crippen molar-refractivity contribution < 1.29 is 4.39 Å². The average Bonchev–Trinajstić information content (AvgIpc) is 2.34. The van der Waals surface area contributed by atoms with Gasteiger partial charge in [0.25, 0.3) is 0 Å². The summed E-state index contributed by atoms with van der Waals surface area (Å²) in [6.45, 7) is 5.08. The van der Waals surface area contributed by atoms with E-state index in [1.165, 1.54) is 18.4 Å². The monoisotopic (exact) mass is 236 g/mol. The predicted octanol–water partition coefficient (Wildman–Crippen LogP) is 2.32. The summed E-state index contributed by atoms with van der Waals surface area (Å²) in [5, 5.41) is 3.42. The third-order valence-electron chi connectivity index (χ3n) is 3.62. The minimum atomic E-state index is -0.145. The lowest BCUT2D eigenvalue weighted by Gasteiger charge is -2.32. The Kier molecular flexibility index (Phi) is 4.13. The van der Waals surface area contributed by atoms with Crippen molar-refractivity contribution in [2.45, 2.75) is 32.4 Å². The number of halogens is 1. The number of benzene rings is 1. The fourth-order valence-corrected chi connectivity index (χ4v) is 2.44. The third-order valence-corrected chi connectivity index (χ3v) is 3.62. The van der Waals surface area contributed by atoms with E-state index in [-0.39, 0.29) is 5.82 Å². The van der Waals surface area contributed by atoms with Crippen molar-refractivity contribution in [1.29, 1.82) is 0 Å². The summed E-state index contributed by atoms with van der Waals surface area (Å²) in [6, 6.07) is 5.67. The summed E-state index contributed by atoms with van der Waals surface area (Å²) in [4.78, 5) is 2.37. The quantitative estimate of drug-likeness (QED) is 0.866. The van der Waals surface area contributed by atoms with Gasteiger partial charge in [0.2, 0.25) is 0 Å². The van der Waals surface area contributed by atoms with Gasteiger partial charge in [0.15, 0.2) is 0 Å². The van der Waals surface area contributed by atoms with Gasteiger partial charge < -0.3 is 5.32 Å². The second-order valence-corrected chi connectivity index (χ2v) is 4.99. The molecule has 1 saturated heterocycles. The van der Waals surface area contributed by atoms with Crippen LogP contribution in [0.2, 0.25) is 0 Å². The number of nitrogens with zero attached hydrogens (tertiary/aromatic N) is 1. The second-order valence-electron chi connectivity index (χ2n) is 4.99. The number of hydrogen-bond acceptors (Lipinski definition) is 2. The Hall–Kier alpha value is -0.930. The van der Waals surface area contributed by atoms with Crippen LogP contribution in [-0.2, 0) is 6.54 Å². The molecule has 2 nitrogen and oxygen atoms in total. The number of nitrogens with one attached hydrogen (secondary N) is 1. The molecule has 1 aliphatic heterocycles. The highest BCUT2D eigenvalue weighted by Gasteiger charge is 2.18. The lowest BCUT2D eigenvalue weighted by Crippen LogP contribution is -2.43. The van der Waals surface area contributed by atoms with Crippen LogP contribution < -0.4 is 5.32 Å². The molecule has 2 rings (SSSR count). The summed E-state index contributed by atoms with van der Waals surface area (Å²) >= 11 is 0. The van der Waals surface area contributed by atoms with Crippen molar-refractivity contribution in [2.24, 2.45) is 0 Å². The van der Waals surface area contributed by atoms with E-state index in [1.54, 1.807) is 12.1 Å². The van der Waals surface area contributed by atoms with Crippen molar-refractivity contribution in [1.82, 2.24) is 10.2 Å². The van der Waals surface area contributed by atoms with Crippen LogP contribution in [-0.4, -0.2) is 31.1 Å². The summed E-state index contributed by atoms with van der Waals surface area (Å²) in [6.07, 6.45) is 2.50. The van der Waals surface area contributed by atoms with Crippen LogP contribution in [0.25, 0.3) is 0 Å². The maximum Gasteiger partial charge on any atom is 0.123 e. The highest BCUT2D eigenvalue weighted by molar-refractivity contribution is 5.26. The topological polar surface area (TPSA) is 15.3 Å². The van der Waals surface area contributed by atoms with E-state index in [9.17, 15) is 4.39 Å². The van der Waals surface area contributed by atoms with Gasteiger partial charge in [-0.3, -0.25) is 4.90 Å². The third kappa shape index (κ3) is 3.27. The molecule has 0 bridgehead atoms. The molecule has 1 aromatic carbocycles. The molecular weight excluding hydrogens is 215 g/mol. The highest BCUT2D eigenvalue weighted by Crippen LogP contribution is 2.16. The van der Waals surface area contributed by atoms with Crippen LogP contribution in [0.1, 0.15) is 24.0 Å². The lowest BCUT2D eigenvalue weighted by atomic mass is 10.0. The van der Waals surface area contributed by atoms with Gasteiger partial charge in [0.05, 0.1) is 0 Å². The fraction of sp³-hybridized carbons (Fsp3) is 0.571. The van der Waals surface area contributed by atoms with E-state index in [2.05, 4.69) is 17.3 Å². The van der Waals surface area contributed by atoms with E-state index in [1.807, 2.05) is 13.0 Å². The Bertz CT molecular complexity index is 372. The number of aryl methyl sites for hydroxylation is 1. The van der Waals surface area contributed by atoms with Crippen molar-refractivity contribution in [3.05, 3.63) is 35.1 Å². The molecule has 0 saturated carbocycles. The standard InChI is InChI=1S/C14H21FN2/c1-11-8-13(15)6-5-12(11)10-17(2)14-4-3-7-16-9-14/h5-6,8,14,16H,3-4,7,9-10H2,1-2H3. The number of rotatable bonds is 3. The fourth-order valence-electron chi connectivity index (χ4n) is 2.44. The van der Waals surface area contributed by atoms with E-state index >= 15 is 0 Å². The SMILES string of the molecule is Cc1cc(F)ccc1CN(C)C1CCCNC1. The first-order chi connectivity index (χ1) is 8.16. The van der Waals surface area contributed by atoms with Gasteiger partial charge in [0.1, 0.15) is 5.82 Å². The van der Waals surface area contributed by atoms with Gasteiger partial charge in [-0.15, -0.1) is 0 Å². The predicted molar refractivity (Wildman–Crippen MR) is 68.5 cm³/mol. The Balaban J connectivity index is 1.99. The molecular formula is C14H21FN2. The Morgan fingerprint density at radius 3 is 2.94 bits per heavy atom. The van der Waals surface area contributed by atoms with Gasteiger partial charge in [-0.25, -0.2) is 4.39 Å². The minimum absolute atomic E-state index is 0.145. The Labute approximate surface area is 103 Å². The van der Waals surface area contributed by atoms with Gasteiger partial charge in [-0.1, -0.05) is 6.07 Å². The molecule has 1 aromatic rings. The Morgan fingerprint density at radius 1 is 1.47 bits per heavy atom. The molecule has 1 unspecified atom stereocenters. The number of likely N-dealkylation sites (N-methyl/N-ethyl adjacent to an activating group) is 1. The molecule has 1 atom stereocenters. The zero-order valence-corrected chi connectivity index (χ0v) is 10.7. The van der Waals surface area contributed by atoms with Crippen LogP contribution in [0.15, 0.2) is 18.2 Å². The van der Waals surface area contributed by atoms with Gasteiger partial charge in [0, 0.05) is 19.1 Å². The molecule has 1 heterocycles. The largest absolute Gasteiger partial charge is 0.315 e. The van der Waals surface area contributed by atoms with E-state index < -0.39 is 0 Å².